The van der Waals surface area contributed by atoms with E-state index in [1.54, 1.807) is 6.07 Å². The summed E-state index contributed by atoms with van der Waals surface area (Å²) in [6, 6.07) is 4.18. The van der Waals surface area contributed by atoms with Gasteiger partial charge in [0.2, 0.25) is 0 Å². The normalized spacial score (nSPS) is 22.4. The lowest BCUT2D eigenvalue weighted by Gasteiger charge is -2.28. The Bertz CT molecular complexity index is 383. The van der Waals surface area contributed by atoms with Gasteiger partial charge in [0, 0.05) is 11.1 Å². The quantitative estimate of drug-likeness (QED) is 0.900. The van der Waals surface area contributed by atoms with Gasteiger partial charge < -0.3 is 15.2 Å². The lowest BCUT2D eigenvalue weighted by atomic mass is 10.0. The number of hydrogen-bond acceptors (Lipinski definition) is 3. The molecule has 2 rings (SSSR count). The molecule has 2 unspecified atom stereocenters. The van der Waals surface area contributed by atoms with Gasteiger partial charge in [0.1, 0.15) is 5.82 Å². The molecule has 0 aromatic heterocycles. The highest BCUT2D eigenvalue weighted by Gasteiger charge is 2.23. The molecule has 3 nitrogen and oxygen atoms in total. The van der Waals surface area contributed by atoms with Gasteiger partial charge in [-0.05, 0) is 30.2 Å². The molecule has 1 heterocycles. The van der Waals surface area contributed by atoms with E-state index in [-0.39, 0.29) is 18.0 Å². The Balaban J connectivity index is 2.01. The van der Waals surface area contributed by atoms with Crippen LogP contribution in [0.1, 0.15) is 5.56 Å². The van der Waals surface area contributed by atoms with Gasteiger partial charge in [-0.1, -0.05) is 11.6 Å². The van der Waals surface area contributed by atoms with Crippen LogP contribution in [0.5, 0.6) is 0 Å². The fraction of sp³-hybridized carbons (Fsp3) is 0.500. The van der Waals surface area contributed by atoms with Crippen molar-refractivity contribution in [3.63, 3.8) is 0 Å². The molecule has 1 aliphatic rings. The first-order valence-corrected chi connectivity index (χ1v) is 5.93. The summed E-state index contributed by atoms with van der Waals surface area (Å²) in [4.78, 5) is 0. The Morgan fingerprint density at radius 1 is 1.47 bits per heavy atom. The van der Waals surface area contributed by atoms with Crippen LogP contribution in [0.2, 0.25) is 5.02 Å². The molecular formula is C12H15ClFNO2. The van der Waals surface area contributed by atoms with Crippen LogP contribution < -0.4 is 5.73 Å². The van der Waals surface area contributed by atoms with Crippen molar-refractivity contribution in [1.82, 2.24) is 0 Å². The first-order valence-electron chi connectivity index (χ1n) is 5.55. The molecule has 1 aliphatic heterocycles. The average molecular weight is 260 g/mol. The van der Waals surface area contributed by atoms with E-state index < -0.39 is 0 Å². The highest BCUT2D eigenvalue weighted by Crippen LogP contribution is 2.18. The monoisotopic (exact) mass is 259 g/mol. The zero-order valence-electron chi connectivity index (χ0n) is 9.36. The smallest absolute Gasteiger partial charge is 0.126 e. The molecule has 5 heteroatoms. The first kappa shape index (κ1) is 12.8. The predicted molar refractivity (Wildman–Crippen MR) is 63.6 cm³/mol. The summed E-state index contributed by atoms with van der Waals surface area (Å²) in [5.74, 6) is -0.290. The van der Waals surface area contributed by atoms with Crippen molar-refractivity contribution in [2.24, 2.45) is 5.73 Å². The maximum absolute atomic E-state index is 13.5. The van der Waals surface area contributed by atoms with Crippen LogP contribution in [-0.4, -0.2) is 32.0 Å². The largest absolute Gasteiger partial charge is 0.376 e. The van der Waals surface area contributed by atoms with E-state index in [0.29, 0.717) is 36.8 Å². The van der Waals surface area contributed by atoms with Crippen molar-refractivity contribution in [1.29, 1.82) is 0 Å². The molecule has 0 aliphatic carbocycles. The summed E-state index contributed by atoms with van der Waals surface area (Å²) in [6.07, 6.45) is 0.211. The summed E-state index contributed by atoms with van der Waals surface area (Å²) in [6.45, 7) is 1.59. The molecule has 1 saturated heterocycles. The minimum Gasteiger partial charge on any atom is -0.376 e. The number of benzene rings is 1. The summed E-state index contributed by atoms with van der Waals surface area (Å²) in [7, 11) is 0. The van der Waals surface area contributed by atoms with E-state index in [2.05, 4.69) is 0 Å². The van der Waals surface area contributed by atoms with Gasteiger partial charge >= 0.3 is 0 Å². The Hall–Kier alpha value is -0.680. The molecule has 2 atom stereocenters. The van der Waals surface area contributed by atoms with Crippen molar-refractivity contribution < 1.29 is 13.9 Å². The van der Waals surface area contributed by atoms with Crippen LogP contribution >= 0.6 is 11.6 Å². The fourth-order valence-electron chi connectivity index (χ4n) is 1.84. The van der Waals surface area contributed by atoms with Crippen molar-refractivity contribution in [3.8, 4) is 0 Å². The first-order chi connectivity index (χ1) is 8.16. The number of halogens is 2. The number of rotatable bonds is 3. The fourth-order valence-corrected chi connectivity index (χ4v) is 2.03. The molecule has 94 valence electrons. The van der Waals surface area contributed by atoms with Crippen LogP contribution in [0.3, 0.4) is 0 Å². The van der Waals surface area contributed by atoms with Gasteiger partial charge in [-0.15, -0.1) is 0 Å². The summed E-state index contributed by atoms with van der Waals surface area (Å²) < 4.78 is 24.3. The Morgan fingerprint density at radius 3 is 3.00 bits per heavy atom. The maximum Gasteiger partial charge on any atom is 0.126 e. The molecule has 0 bridgehead atoms. The third kappa shape index (κ3) is 3.39. The predicted octanol–water partition coefficient (Wildman–Crippen LogP) is 1.76. The third-order valence-electron chi connectivity index (χ3n) is 2.78. The minimum atomic E-state index is -0.290. The van der Waals surface area contributed by atoms with Crippen LogP contribution in [0.15, 0.2) is 18.2 Å². The van der Waals surface area contributed by atoms with E-state index in [0.717, 1.165) is 0 Å². The zero-order chi connectivity index (χ0) is 12.3. The van der Waals surface area contributed by atoms with Crippen molar-refractivity contribution in [3.05, 3.63) is 34.6 Å². The standard InChI is InChI=1S/C12H15ClFNO2/c13-9-1-2-10(14)8(5-9)6-11(15)12-7-16-3-4-17-12/h1-2,5,11-12H,3-4,6-7,15H2. The summed E-state index contributed by atoms with van der Waals surface area (Å²) in [5, 5.41) is 0.509. The van der Waals surface area contributed by atoms with Gasteiger partial charge in [0.25, 0.3) is 0 Å². The van der Waals surface area contributed by atoms with Crippen molar-refractivity contribution >= 4 is 11.6 Å². The molecule has 0 saturated carbocycles. The van der Waals surface area contributed by atoms with Crippen LogP contribution in [0, 0.1) is 5.82 Å². The summed E-state index contributed by atoms with van der Waals surface area (Å²) >= 11 is 5.82. The third-order valence-corrected chi connectivity index (χ3v) is 3.02. The molecule has 17 heavy (non-hydrogen) atoms. The Labute approximate surface area is 105 Å². The Kier molecular flexibility index (Phi) is 4.34. The van der Waals surface area contributed by atoms with Crippen molar-refractivity contribution in [2.45, 2.75) is 18.6 Å². The van der Waals surface area contributed by atoms with Crippen LogP contribution in [0.25, 0.3) is 0 Å². The second-order valence-electron chi connectivity index (χ2n) is 4.09. The summed E-state index contributed by atoms with van der Waals surface area (Å²) in [5.41, 5.74) is 6.50. The molecule has 1 aromatic carbocycles. The van der Waals surface area contributed by atoms with Crippen LogP contribution in [-0.2, 0) is 15.9 Å². The second-order valence-corrected chi connectivity index (χ2v) is 4.52. The highest BCUT2D eigenvalue weighted by molar-refractivity contribution is 6.30. The zero-order valence-corrected chi connectivity index (χ0v) is 10.1. The van der Waals surface area contributed by atoms with Gasteiger partial charge in [-0.25, -0.2) is 4.39 Å². The SMILES string of the molecule is NC(Cc1cc(Cl)ccc1F)C1COCCO1. The van der Waals surface area contributed by atoms with E-state index in [4.69, 9.17) is 26.8 Å². The minimum absolute atomic E-state index is 0.179. The molecule has 1 aromatic rings. The highest BCUT2D eigenvalue weighted by atomic mass is 35.5. The Morgan fingerprint density at radius 2 is 2.29 bits per heavy atom. The molecule has 0 radical (unpaired) electrons. The van der Waals surface area contributed by atoms with Crippen molar-refractivity contribution in [2.75, 3.05) is 19.8 Å². The molecular weight excluding hydrogens is 245 g/mol. The lowest BCUT2D eigenvalue weighted by molar-refractivity contribution is -0.0968. The molecule has 0 amide bonds. The van der Waals surface area contributed by atoms with E-state index >= 15 is 0 Å². The van der Waals surface area contributed by atoms with E-state index in [9.17, 15) is 4.39 Å². The maximum atomic E-state index is 13.5. The second kappa shape index (κ2) is 5.78. The number of nitrogens with two attached hydrogens (primary N) is 1. The van der Waals surface area contributed by atoms with Gasteiger partial charge in [0.05, 0.1) is 25.9 Å². The average Bonchev–Trinajstić information content (AvgIpc) is 2.35. The molecule has 0 spiro atoms. The van der Waals surface area contributed by atoms with Gasteiger partial charge in [-0.3, -0.25) is 0 Å². The lowest BCUT2D eigenvalue weighted by Crippen LogP contribution is -2.45. The molecule has 1 fully saturated rings. The van der Waals surface area contributed by atoms with E-state index in [1.165, 1.54) is 12.1 Å². The number of ether oxygens (including phenoxy) is 2. The van der Waals surface area contributed by atoms with Crippen LogP contribution in [0.4, 0.5) is 4.39 Å². The number of hydrogen-bond donors (Lipinski definition) is 1. The van der Waals surface area contributed by atoms with E-state index in [1.807, 2.05) is 0 Å². The topological polar surface area (TPSA) is 44.5 Å². The molecule has 2 N–H and O–H groups in total. The van der Waals surface area contributed by atoms with Gasteiger partial charge in [-0.2, -0.15) is 0 Å². The van der Waals surface area contributed by atoms with Gasteiger partial charge in [0.15, 0.2) is 0 Å².